The van der Waals surface area contributed by atoms with E-state index < -0.39 is 0 Å². The Morgan fingerprint density at radius 2 is 2.21 bits per heavy atom. The topological polar surface area (TPSA) is 85.6 Å². The van der Waals surface area contributed by atoms with E-state index in [1.165, 1.54) is 34.4 Å². The largest absolute Gasteiger partial charge is 0.380 e. The summed E-state index contributed by atoms with van der Waals surface area (Å²) >= 11 is 4.09. The monoisotopic (exact) mass is 450 g/mol. The van der Waals surface area contributed by atoms with Gasteiger partial charge in [-0.3, -0.25) is 9.59 Å². The number of hydrogen-bond acceptors (Lipinski definition) is 7. The van der Waals surface area contributed by atoms with Gasteiger partial charge in [-0.1, -0.05) is 17.4 Å². The molecule has 3 aromatic rings. The van der Waals surface area contributed by atoms with Crippen LogP contribution in [0.3, 0.4) is 0 Å². The van der Waals surface area contributed by atoms with Gasteiger partial charge in [0.25, 0.3) is 5.91 Å². The summed E-state index contributed by atoms with van der Waals surface area (Å²) in [5, 5.41) is 5.04. The summed E-state index contributed by atoms with van der Waals surface area (Å²) in [6.45, 7) is 5.83. The third-order valence-electron chi connectivity index (χ3n) is 3.86. The van der Waals surface area contributed by atoms with Crippen LogP contribution in [0.2, 0.25) is 0 Å². The van der Waals surface area contributed by atoms with Gasteiger partial charge >= 0.3 is 0 Å². The number of carbonyl (C=O) groups excluding carboxylic acids is 2. The number of ether oxygens (including phenoxy) is 1. The Hall–Kier alpha value is -2.01. The quantitative estimate of drug-likeness (QED) is 0.506. The number of nitrogens with zero attached hydrogens (tertiary/aromatic N) is 3. The number of aromatic nitrogens is 2. The molecule has 2 heterocycles. The van der Waals surface area contributed by atoms with Crippen LogP contribution in [0.25, 0.3) is 10.2 Å². The van der Waals surface area contributed by atoms with Gasteiger partial charge in [-0.05, 0) is 31.5 Å². The van der Waals surface area contributed by atoms with Crippen molar-refractivity contribution in [1.82, 2.24) is 9.55 Å². The molecule has 0 bridgehead atoms. The molecule has 0 aliphatic rings. The summed E-state index contributed by atoms with van der Waals surface area (Å²) in [7, 11) is 0. The van der Waals surface area contributed by atoms with Gasteiger partial charge in [0.2, 0.25) is 5.91 Å². The molecule has 0 radical (unpaired) electrons. The summed E-state index contributed by atoms with van der Waals surface area (Å²) in [4.78, 5) is 33.2. The highest BCUT2D eigenvalue weighted by Crippen LogP contribution is 2.19. The van der Waals surface area contributed by atoms with Crippen molar-refractivity contribution < 1.29 is 14.3 Å². The number of fused-ring (bicyclic) bond motifs is 1. The third-order valence-corrected chi connectivity index (χ3v) is 6.51. The molecular formula is C19H22N4O3S3. The highest BCUT2D eigenvalue weighted by atomic mass is 32.2. The Kier molecular flexibility index (Phi) is 7.99. The molecule has 0 spiro atoms. The number of hydrogen-bond donors (Lipinski definition) is 1. The van der Waals surface area contributed by atoms with Gasteiger partial charge in [0.15, 0.2) is 9.93 Å². The first-order valence-electron chi connectivity index (χ1n) is 9.09. The molecule has 0 saturated carbocycles. The maximum Gasteiger partial charge on any atom is 0.258 e. The first-order chi connectivity index (χ1) is 14.1. The Morgan fingerprint density at radius 3 is 2.97 bits per heavy atom. The number of rotatable bonds is 9. The highest BCUT2D eigenvalue weighted by Gasteiger charge is 2.10. The Morgan fingerprint density at radius 1 is 1.34 bits per heavy atom. The molecule has 29 heavy (non-hydrogen) atoms. The zero-order valence-electron chi connectivity index (χ0n) is 16.2. The Labute approximate surface area is 180 Å². The van der Waals surface area contributed by atoms with E-state index in [0.29, 0.717) is 29.7 Å². The van der Waals surface area contributed by atoms with Gasteiger partial charge in [0.05, 0.1) is 28.3 Å². The number of anilines is 1. The molecular weight excluding hydrogens is 428 g/mol. The van der Waals surface area contributed by atoms with E-state index in [0.717, 1.165) is 15.8 Å². The van der Waals surface area contributed by atoms with Crippen molar-refractivity contribution in [1.29, 1.82) is 0 Å². The van der Waals surface area contributed by atoms with E-state index in [4.69, 9.17) is 4.74 Å². The SMILES string of the molecule is CCOCCn1c(=NC(=O)CSCC(=O)Nc2nccs2)sc2cc(C)ccc21. The first-order valence-corrected chi connectivity index (χ1v) is 11.9. The lowest BCUT2D eigenvalue weighted by atomic mass is 10.2. The summed E-state index contributed by atoms with van der Waals surface area (Å²) in [6, 6.07) is 6.20. The van der Waals surface area contributed by atoms with Crippen molar-refractivity contribution in [3.05, 3.63) is 40.1 Å². The molecule has 0 atom stereocenters. The molecule has 7 nitrogen and oxygen atoms in total. The van der Waals surface area contributed by atoms with Crippen molar-refractivity contribution in [2.75, 3.05) is 30.0 Å². The number of thioether (sulfide) groups is 1. The van der Waals surface area contributed by atoms with Crippen LogP contribution >= 0.6 is 34.4 Å². The van der Waals surface area contributed by atoms with Crippen molar-refractivity contribution in [2.24, 2.45) is 4.99 Å². The zero-order valence-corrected chi connectivity index (χ0v) is 18.7. The van der Waals surface area contributed by atoms with Crippen molar-refractivity contribution in [2.45, 2.75) is 20.4 Å². The minimum atomic E-state index is -0.259. The Bertz CT molecular complexity index is 1040. The smallest absolute Gasteiger partial charge is 0.258 e. The number of benzene rings is 1. The van der Waals surface area contributed by atoms with Gasteiger partial charge in [-0.25, -0.2) is 4.98 Å². The molecule has 154 valence electrons. The lowest BCUT2D eigenvalue weighted by Crippen LogP contribution is -2.20. The third kappa shape index (κ3) is 6.23. The molecule has 10 heteroatoms. The van der Waals surface area contributed by atoms with Gasteiger partial charge in [0.1, 0.15) is 0 Å². The molecule has 0 fully saturated rings. The fourth-order valence-electron chi connectivity index (χ4n) is 2.59. The predicted molar refractivity (Wildman–Crippen MR) is 120 cm³/mol. The lowest BCUT2D eigenvalue weighted by molar-refractivity contribution is -0.115. The van der Waals surface area contributed by atoms with Crippen molar-refractivity contribution >= 4 is 61.6 Å². The number of aryl methyl sites for hydroxylation is 1. The molecule has 2 amide bonds. The van der Waals surface area contributed by atoms with E-state index >= 15 is 0 Å². The second-order valence-corrected chi connectivity index (χ2v) is 8.98. The molecule has 0 saturated heterocycles. The average molecular weight is 451 g/mol. The van der Waals surface area contributed by atoms with Crippen LogP contribution in [0, 0.1) is 6.92 Å². The fraction of sp³-hybridized carbons (Fsp3) is 0.368. The van der Waals surface area contributed by atoms with Crippen LogP contribution < -0.4 is 10.1 Å². The van der Waals surface area contributed by atoms with Crippen LogP contribution in [0.5, 0.6) is 0 Å². The van der Waals surface area contributed by atoms with E-state index in [1.54, 1.807) is 11.6 Å². The number of carbonyl (C=O) groups is 2. The van der Waals surface area contributed by atoms with E-state index in [1.807, 2.05) is 24.5 Å². The average Bonchev–Trinajstić information content (AvgIpc) is 3.29. The van der Waals surface area contributed by atoms with Crippen molar-refractivity contribution in [3.8, 4) is 0 Å². The van der Waals surface area contributed by atoms with E-state index in [-0.39, 0.29) is 23.3 Å². The number of thiazole rings is 2. The maximum absolute atomic E-state index is 12.4. The van der Waals surface area contributed by atoms with Gasteiger partial charge in [-0.2, -0.15) is 4.99 Å². The maximum atomic E-state index is 12.4. The van der Waals surface area contributed by atoms with Crippen LogP contribution in [0.4, 0.5) is 5.13 Å². The zero-order chi connectivity index (χ0) is 20.6. The number of nitrogens with one attached hydrogen (secondary N) is 1. The minimum Gasteiger partial charge on any atom is -0.380 e. The van der Waals surface area contributed by atoms with Crippen LogP contribution in [-0.4, -0.2) is 46.1 Å². The standard InChI is InChI=1S/C19H22N4O3S3/c1-3-26-8-7-23-14-5-4-13(2)10-15(14)29-19(23)22-17(25)12-27-11-16(24)21-18-20-6-9-28-18/h4-6,9-10H,3,7-8,11-12H2,1-2H3,(H,20,21,24). The van der Waals surface area contributed by atoms with Gasteiger partial charge in [0, 0.05) is 24.7 Å². The second kappa shape index (κ2) is 10.7. The summed E-state index contributed by atoms with van der Waals surface area (Å²) < 4.78 is 8.59. The Balaban J connectivity index is 1.66. The molecule has 3 rings (SSSR count). The van der Waals surface area contributed by atoms with E-state index in [2.05, 4.69) is 27.4 Å². The molecule has 1 aromatic carbocycles. The minimum absolute atomic E-state index is 0.143. The summed E-state index contributed by atoms with van der Waals surface area (Å²) in [5.41, 5.74) is 2.21. The van der Waals surface area contributed by atoms with Gasteiger partial charge < -0.3 is 14.6 Å². The predicted octanol–water partition coefficient (Wildman–Crippen LogP) is 3.30. The second-order valence-electron chi connectivity index (χ2n) is 6.09. The fourth-order valence-corrected chi connectivity index (χ4v) is 4.91. The lowest BCUT2D eigenvalue weighted by Gasteiger charge is -2.05. The molecule has 1 N–H and O–H groups in total. The molecule has 0 unspecified atom stereocenters. The van der Waals surface area contributed by atoms with E-state index in [9.17, 15) is 9.59 Å². The summed E-state index contributed by atoms with van der Waals surface area (Å²) in [5.74, 6) is -0.117. The van der Waals surface area contributed by atoms with Gasteiger partial charge in [-0.15, -0.1) is 23.1 Å². The van der Waals surface area contributed by atoms with Crippen molar-refractivity contribution in [3.63, 3.8) is 0 Å². The first kappa shape index (κ1) is 21.7. The van der Waals surface area contributed by atoms with Crippen LogP contribution in [0.15, 0.2) is 34.8 Å². The molecule has 0 aliphatic heterocycles. The van der Waals surface area contributed by atoms with Crippen LogP contribution in [-0.2, 0) is 20.9 Å². The van der Waals surface area contributed by atoms with Crippen LogP contribution in [0.1, 0.15) is 12.5 Å². The number of amides is 2. The normalized spacial score (nSPS) is 11.9. The molecule has 0 aliphatic carbocycles. The highest BCUT2D eigenvalue weighted by molar-refractivity contribution is 8.00. The molecule has 2 aromatic heterocycles. The summed E-state index contributed by atoms with van der Waals surface area (Å²) in [6.07, 6.45) is 1.63.